The molecule has 1 saturated heterocycles. The van der Waals surface area contributed by atoms with Gasteiger partial charge in [-0.3, -0.25) is 0 Å². The molecule has 2 rings (SSSR count). The van der Waals surface area contributed by atoms with Gasteiger partial charge in [-0.25, -0.2) is 9.97 Å². The first-order valence-electron chi connectivity index (χ1n) is 5.75. The Morgan fingerprint density at radius 3 is 2.81 bits per heavy atom. The maximum Gasteiger partial charge on any atom is 0.225 e. The topological polar surface area (TPSA) is 41.0 Å². The molecule has 1 aromatic rings. The number of aromatic nitrogens is 2. The average molecular weight is 332 g/mol. The Labute approximate surface area is 110 Å². The molecule has 88 valence electrons. The molecule has 2 heterocycles. The quantitative estimate of drug-likeness (QED) is 0.852. The van der Waals surface area contributed by atoms with Crippen LogP contribution in [0.4, 0.5) is 5.95 Å². The minimum Gasteiger partial charge on any atom is -0.340 e. The van der Waals surface area contributed by atoms with Crippen molar-refractivity contribution in [1.82, 2.24) is 15.3 Å². The lowest BCUT2D eigenvalue weighted by Crippen LogP contribution is -2.38. The zero-order valence-electron chi connectivity index (χ0n) is 9.49. The first-order chi connectivity index (χ1) is 7.79. The maximum atomic E-state index is 4.37. The van der Waals surface area contributed by atoms with Gasteiger partial charge in [0.25, 0.3) is 0 Å². The lowest BCUT2D eigenvalue weighted by molar-refractivity contribution is 0.580. The van der Waals surface area contributed by atoms with Crippen molar-refractivity contribution < 1.29 is 0 Å². The molecule has 0 aliphatic carbocycles. The van der Waals surface area contributed by atoms with Crippen molar-refractivity contribution in [2.24, 2.45) is 0 Å². The van der Waals surface area contributed by atoms with Gasteiger partial charge in [0.2, 0.25) is 5.95 Å². The van der Waals surface area contributed by atoms with Crippen LogP contribution >= 0.6 is 22.6 Å². The molecule has 1 atom stereocenters. The second kappa shape index (κ2) is 5.77. The smallest absolute Gasteiger partial charge is 0.225 e. The van der Waals surface area contributed by atoms with E-state index >= 15 is 0 Å². The molecule has 0 radical (unpaired) electrons. The number of rotatable bonds is 4. The Morgan fingerprint density at radius 1 is 1.50 bits per heavy atom. The molecule has 1 unspecified atom stereocenters. The Kier molecular flexibility index (Phi) is 4.34. The van der Waals surface area contributed by atoms with E-state index in [1.165, 1.54) is 12.8 Å². The molecule has 0 saturated carbocycles. The number of hydrogen-bond acceptors (Lipinski definition) is 4. The fourth-order valence-electron chi connectivity index (χ4n) is 2.00. The molecule has 0 amide bonds. The standard InChI is InChI=1S/C11H17IN4/c1-2-16(8-10-4-3-5-13-10)11-14-6-9(12)7-15-11/h6-7,10,13H,2-5,8H2,1H3. The van der Waals surface area contributed by atoms with E-state index in [0.29, 0.717) is 6.04 Å². The van der Waals surface area contributed by atoms with Crippen molar-refractivity contribution in [3.05, 3.63) is 16.0 Å². The van der Waals surface area contributed by atoms with Gasteiger partial charge in [0.1, 0.15) is 0 Å². The van der Waals surface area contributed by atoms with Gasteiger partial charge in [-0.15, -0.1) is 0 Å². The highest BCUT2D eigenvalue weighted by Crippen LogP contribution is 2.12. The van der Waals surface area contributed by atoms with E-state index in [0.717, 1.165) is 29.2 Å². The minimum absolute atomic E-state index is 0.600. The van der Waals surface area contributed by atoms with Crippen molar-refractivity contribution >= 4 is 28.5 Å². The Morgan fingerprint density at radius 2 is 2.25 bits per heavy atom. The Bertz CT molecular complexity index is 321. The van der Waals surface area contributed by atoms with Crippen molar-refractivity contribution in [3.63, 3.8) is 0 Å². The predicted octanol–water partition coefficient (Wildman–Crippen LogP) is 1.66. The van der Waals surface area contributed by atoms with E-state index in [2.05, 4.69) is 49.7 Å². The first kappa shape index (κ1) is 12.0. The normalized spacial score (nSPS) is 20.0. The Balaban J connectivity index is 2.00. The van der Waals surface area contributed by atoms with Crippen molar-refractivity contribution in [1.29, 1.82) is 0 Å². The van der Waals surface area contributed by atoms with Crippen LogP contribution in [0.3, 0.4) is 0 Å². The lowest BCUT2D eigenvalue weighted by Gasteiger charge is -2.24. The van der Waals surface area contributed by atoms with Crippen LogP contribution in [-0.4, -0.2) is 35.6 Å². The summed E-state index contributed by atoms with van der Waals surface area (Å²) in [5.74, 6) is 0.844. The molecule has 0 spiro atoms. The van der Waals surface area contributed by atoms with Gasteiger partial charge in [-0.05, 0) is 48.9 Å². The maximum absolute atomic E-state index is 4.37. The summed E-state index contributed by atoms with van der Waals surface area (Å²) in [6.07, 6.45) is 6.29. The number of halogens is 1. The highest BCUT2D eigenvalue weighted by Gasteiger charge is 2.18. The zero-order valence-corrected chi connectivity index (χ0v) is 11.6. The zero-order chi connectivity index (χ0) is 11.4. The summed E-state index contributed by atoms with van der Waals surface area (Å²) in [7, 11) is 0. The van der Waals surface area contributed by atoms with Crippen LogP contribution in [0.25, 0.3) is 0 Å². The van der Waals surface area contributed by atoms with E-state index in [-0.39, 0.29) is 0 Å². The number of anilines is 1. The SMILES string of the molecule is CCN(CC1CCCN1)c1ncc(I)cn1. The summed E-state index contributed by atoms with van der Waals surface area (Å²) < 4.78 is 1.08. The molecule has 1 aliphatic heterocycles. The molecule has 0 bridgehead atoms. The van der Waals surface area contributed by atoms with Crippen molar-refractivity contribution in [3.8, 4) is 0 Å². The fourth-order valence-corrected chi connectivity index (χ4v) is 2.28. The van der Waals surface area contributed by atoms with Crippen LogP contribution in [0.5, 0.6) is 0 Å². The third-order valence-electron chi connectivity index (χ3n) is 2.87. The number of hydrogen-bond donors (Lipinski definition) is 1. The summed E-state index contributed by atoms with van der Waals surface area (Å²) in [6, 6.07) is 0.600. The molecule has 16 heavy (non-hydrogen) atoms. The van der Waals surface area contributed by atoms with Crippen LogP contribution in [-0.2, 0) is 0 Å². The first-order valence-corrected chi connectivity index (χ1v) is 6.83. The van der Waals surface area contributed by atoms with Gasteiger partial charge in [0.15, 0.2) is 0 Å². The van der Waals surface area contributed by atoms with Gasteiger partial charge < -0.3 is 10.2 Å². The summed E-state index contributed by atoms with van der Waals surface area (Å²) in [5, 5.41) is 3.50. The van der Waals surface area contributed by atoms with E-state index in [1.807, 2.05) is 12.4 Å². The third-order valence-corrected chi connectivity index (χ3v) is 3.43. The molecular formula is C11H17IN4. The number of likely N-dealkylation sites (N-methyl/N-ethyl adjacent to an activating group) is 1. The lowest BCUT2D eigenvalue weighted by atomic mass is 10.2. The van der Waals surface area contributed by atoms with Crippen LogP contribution in [0.2, 0.25) is 0 Å². The van der Waals surface area contributed by atoms with Crippen molar-refractivity contribution in [2.45, 2.75) is 25.8 Å². The Hall–Kier alpha value is -0.430. The molecule has 4 nitrogen and oxygen atoms in total. The number of nitrogens with zero attached hydrogens (tertiary/aromatic N) is 3. The van der Waals surface area contributed by atoms with Gasteiger partial charge >= 0.3 is 0 Å². The highest BCUT2D eigenvalue weighted by molar-refractivity contribution is 14.1. The predicted molar refractivity (Wildman–Crippen MR) is 73.7 cm³/mol. The second-order valence-electron chi connectivity index (χ2n) is 4.03. The van der Waals surface area contributed by atoms with Gasteiger partial charge in [-0.1, -0.05) is 0 Å². The van der Waals surface area contributed by atoms with Crippen LogP contribution in [0, 0.1) is 3.57 Å². The minimum atomic E-state index is 0.600. The second-order valence-corrected chi connectivity index (χ2v) is 5.28. The van der Waals surface area contributed by atoms with E-state index in [1.54, 1.807) is 0 Å². The molecular weight excluding hydrogens is 315 g/mol. The molecule has 5 heteroatoms. The fraction of sp³-hybridized carbons (Fsp3) is 0.636. The molecule has 1 N–H and O–H groups in total. The monoisotopic (exact) mass is 332 g/mol. The largest absolute Gasteiger partial charge is 0.340 e. The van der Waals surface area contributed by atoms with E-state index in [4.69, 9.17) is 0 Å². The molecule has 0 aromatic carbocycles. The van der Waals surface area contributed by atoms with Crippen LogP contribution < -0.4 is 10.2 Å². The molecule has 1 aliphatic rings. The van der Waals surface area contributed by atoms with Crippen LogP contribution in [0.1, 0.15) is 19.8 Å². The molecule has 1 aromatic heterocycles. The number of nitrogens with one attached hydrogen (secondary N) is 1. The van der Waals surface area contributed by atoms with Crippen LogP contribution in [0.15, 0.2) is 12.4 Å². The average Bonchev–Trinajstić information content (AvgIpc) is 2.80. The highest BCUT2D eigenvalue weighted by atomic mass is 127. The summed E-state index contributed by atoms with van der Waals surface area (Å²) in [5.41, 5.74) is 0. The molecule has 1 fully saturated rings. The summed E-state index contributed by atoms with van der Waals surface area (Å²) >= 11 is 2.23. The van der Waals surface area contributed by atoms with Crippen molar-refractivity contribution in [2.75, 3.05) is 24.5 Å². The van der Waals surface area contributed by atoms with Gasteiger partial charge in [-0.2, -0.15) is 0 Å². The summed E-state index contributed by atoms with van der Waals surface area (Å²) in [4.78, 5) is 11.0. The van der Waals surface area contributed by atoms with E-state index < -0.39 is 0 Å². The third kappa shape index (κ3) is 3.04. The summed E-state index contributed by atoms with van der Waals surface area (Å²) in [6.45, 7) is 5.27. The van der Waals surface area contributed by atoms with E-state index in [9.17, 15) is 0 Å². The van der Waals surface area contributed by atoms with Gasteiger partial charge in [0.05, 0.1) is 0 Å². The van der Waals surface area contributed by atoms with Gasteiger partial charge in [0, 0.05) is 35.1 Å².